The summed E-state index contributed by atoms with van der Waals surface area (Å²) in [6.45, 7) is 2.06. The highest BCUT2D eigenvalue weighted by Crippen LogP contribution is 2.16. The minimum absolute atomic E-state index is 0.0497. The van der Waals surface area contributed by atoms with Crippen LogP contribution in [0.15, 0.2) is 66.9 Å². The van der Waals surface area contributed by atoms with Gasteiger partial charge in [0.25, 0.3) is 0 Å². The second-order valence-corrected chi connectivity index (χ2v) is 6.16. The van der Waals surface area contributed by atoms with Crippen molar-refractivity contribution in [2.45, 2.75) is 32.2 Å². The zero-order chi connectivity index (χ0) is 16.8. The van der Waals surface area contributed by atoms with Gasteiger partial charge in [-0.15, -0.1) is 0 Å². The van der Waals surface area contributed by atoms with Gasteiger partial charge in [-0.1, -0.05) is 54.6 Å². The van der Waals surface area contributed by atoms with Crippen LogP contribution in [-0.4, -0.2) is 16.9 Å². The third-order valence-electron chi connectivity index (χ3n) is 4.18. The van der Waals surface area contributed by atoms with E-state index in [-0.39, 0.29) is 11.9 Å². The molecule has 0 aliphatic carbocycles. The molecule has 0 aliphatic heterocycles. The molecular formula is C21H22N2O. The normalized spacial score (nSPS) is 12.0. The number of amides is 1. The molecular weight excluding hydrogens is 296 g/mol. The Hall–Kier alpha value is -2.68. The molecule has 3 heteroatoms. The Morgan fingerprint density at radius 3 is 2.67 bits per heavy atom. The Morgan fingerprint density at radius 1 is 1.04 bits per heavy atom. The number of aromatic nitrogens is 1. The number of hydrogen-bond acceptors (Lipinski definition) is 2. The number of nitrogens with one attached hydrogen (secondary N) is 1. The maximum atomic E-state index is 12.3. The van der Waals surface area contributed by atoms with Crippen LogP contribution < -0.4 is 5.32 Å². The molecule has 1 heterocycles. The first-order chi connectivity index (χ1) is 11.7. The fourth-order valence-electron chi connectivity index (χ4n) is 2.91. The van der Waals surface area contributed by atoms with E-state index < -0.39 is 0 Å². The van der Waals surface area contributed by atoms with E-state index in [4.69, 9.17) is 0 Å². The number of hydrogen-bond donors (Lipinski definition) is 1. The molecule has 0 saturated heterocycles. The first-order valence-corrected chi connectivity index (χ1v) is 8.38. The third kappa shape index (κ3) is 4.19. The van der Waals surface area contributed by atoms with E-state index >= 15 is 0 Å². The lowest BCUT2D eigenvalue weighted by Crippen LogP contribution is -2.34. The van der Waals surface area contributed by atoms with Crippen molar-refractivity contribution in [1.82, 2.24) is 10.3 Å². The van der Waals surface area contributed by atoms with Crippen molar-refractivity contribution in [2.24, 2.45) is 0 Å². The summed E-state index contributed by atoms with van der Waals surface area (Å²) in [6, 6.07) is 20.4. The van der Waals surface area contributed by atoms with E-state index in [0.29, 0.717) is 6.42 Å². The summed E-state index contributed by atoms with van der Waals surface area (Å²) < 4.78 is 0. The summed E-state index contributed by atoms with van der Waals surface area (Å²) in [5.74, 6) is 0.0497. The molecule has 122 valence electrons. The van der Waals surface area contributed by atoms with Crippen LogP contribution in [0.5, 0.6) is 0 Å². The Morgan fingerprint density at radius 2 is 1.83 bits per heavy atom. The van der Waals surface area contributed by atoms with E-state index in [2.05, 4.69) is 29.4 Å². The van der Waals surface area contributed by atoms with Gasteiger partial charge < -0.3 is 5.32 Å². The van der Waals surface area contributed by atoms with Crippen molar-refractivity contribution in [3.8, 4) is 0 Å². The van der Waals surface area contributed by atoms with Gasteiger partial charge >= 0.3 is 0 Å². The van der Waals surface area contributed by atoms with Gasteiger partial charge in [-0.2, -0.15) is 0 Å². The van der Waals surface area contributed by atoms with Crippen LogP contribution in [0, 0.1) is 0 Å². The first-order valence-electron chi connectivity index (χ1n) is 8.38. The topological polar surface area (TPSA) is 42.0 Å². The highest BCUT2D eigenvalue weighted by Gasteiger charge is 2.11. The number of benzene rings is 2. The van der Waals surface area contributed by atoms with Crippen molar-refractivity contribution in [3.63, 3.8) is 0 Å². The van der Waals surface area contributed by atoms with Gasteiger partial charge in [-0.3, -0.25) is 9.78 Å². The number of carbonyl (C=O) groups excluding carboxylic acids is 1. The lowest BCUT2D eigenvalue weighted by Gasteiger charge is -2.14. The van der Waals surface area contributed by atoms with Gasteiger partial charge in [0, 0.05) is 17.6 Å². The van der Waals surface area contributed by atoms with Crippen LogP contribution in [0.3, 0.4) is 0 Å². The van der Waals surface area contributed by atoms with Crippen LogP contribution in [0.4, 0.5) is 0 Å². The third-order valence-corrected chi connectivity index (χ3v) is 4.18. The predicted octanol–water partition coefficient (Wildman–Crippen LogP) is 3.91. The van der Waals surface area contributed by atoms with Gasteiger partial charge in [0.1, 0.15) is 0 Å². The van der Waals surface area contributed by atoms with Gasteiger partial charge in [-0.25, -0.2) is 0 Å². The largest absolute Gasteiger partial charge is 0.353 e. The molecule has 0 fully saturated rings. The first kappa shape index (κ1) is 16.2. The fourth-order valence-corrected chi connectivity index (χ4v) is 2.91. The Kier molecular flexibility index (Phi) is 5.22. The highest BCUT2D eigenvalue weighted by molar-refractivity contribution is 5.87. The summed E-state index contributed by atoms with van der Waals surface area (Å²) >= 11 is 0. The van der Waals surface area contributed by atoms with E-state index in [1.54, 1.807) is 6.20 Å². The number of nitrogens with zero attached hydrogens (tertiary/aromatic N) is 1. The molecule has 1 aromatic heterocycles. The molecule has 2 aromatic carbocycles. The smallest absolute Gasteiger partial charge is 0.224 e. The minimum Gasteiger partial charge on any atom is -0.353 e. The Balaban J connectivity index is 1.56. The summed E-state index contributed by atoms with van der Waals surface area (Å²) in [4.78, 5) is 16.7. The highest BCUT2D eigenvalue weighted by atomic mass is 16.1. The molecule has 0 saturated carbocycles. The van der Waals surface area contributed by atoms with Crippen molar-refractivity contribution in [2.75, 3.05) is 0 Å². The number of rotatable bonds is 6. The van der Waals surface area contributed by atoms with Crippen LogP contribution in [-0.2, 0) is 17.6 Å². The standard InChI is InChI=1S/C21H22N2O/c1-16(12-13-17-7-3-2-4-8-17)23-20(24)15-19-10-5-9-18-11-6-14-22-21(18)19/h2-11,14,16H,12-13,15H2,1H3,(H,23,24)/t16-/m1/s1. The number of para-hydroxylation sites is 1. The summed E-state index contributed by atoms with van der Waals surface area (Å²) in [5.41, 5.74) is 3.19. The van der Waals surface area contributed by atoms with E-state index in [1.165, 1.54) is 5.56 Å². The van der Waals surface area contributed by atoms with Gasteiger partial charge in [0.05, 0.1) is 11.9 Å². The lowest BCUT2D eigenvalue weighted by molar-refractivity contribution is -0.121. The van der Waals surface area contributed by atoms with Crippen LogP contribution in [0.2, 0.25) is 0 Å². The number of pyridine rings is 1. The molecule has 1 atom stereocenters. The molecule has 0 unspecified atom stereocenters. The van der Waals surface area contributed by atoms with Crippen LogP contribution >= 0.6 is 0 Å². The van der Waals surface area contributed by atoms with Crippen molar-refractivity contribution in [3.05, 3.63) is 78.0 Å². The van der Waals surface area contributed by atoms with Crippen molar-refractivity contribution in [1.29, 1.82) is 0 Å². The zero-order valence-corrected chi connectivity index (χ0v) is 13.9. The second-order valence-electron chi connectivity index (χ2n) is 6.16. The van der Waals surface area contributed by atoms with E-state index in [9.17, 15) is 4.79 Å². The molecule has 0 radical (unpaired) electrons. The average Bonchev–Trinajstić information content (AvgIpc) is 2.61. The molecule has 3 aromatic rings. The van der Waals surface area contributed by atoms with Crippen molar-refractivity contribution < 1.29 is 4.79 Å². The molecule has 0 bridgehead atoms. The summed E-state index contributed by atoms with van der Waals surface area (Å²) in [5, 5.41) is 4.17. The molecule has 24 heavy (non-hydrogen) atoms. The lowest BCUT2D eigenvalue weighted by atomic mass is 10.0. The maximum Gasteiger partial charge on any atom is 0.224 e. The van der Waals surface area contributed by atoms with Gasteiger partial charge in [0.15, 0.2) is 0 Å². The second kappa shape index (κ2) is 7.73. The molecule has 0 aliphatic rings. The fraction of sp³-hybridized carbons (Fsp3) is 0.238. The number of aryl methyl sites for hydroxylation is 1. The van der Waals surface area contributed by atoms with Gasteiger partial charge in [-0.05, 0) is 37.0 Å². The molecule has 1 N–H and O–H groups in total. The number of carbonyl (C=O) groups is 1. The van der Waals surface area contributed by atoms with E-state index in [1.807, 2.05) is 48.5 Å². The minimum atomic E-state index is 0.0497. The Bertz CT molecular complexity index is 809. The van der Waals surface area contributed by atoms with E-state index in [0.717, 1.165) is 29.3 Å². The predicted molar refractivity (Wildman–Crippen MR) is 97.8 cm³/mol. The molecule has 3 rings (SSSR count). The molecule has 0 spiro atoms. The quantitative estimate of drug-likeness (QED) is 0.748. The monoisotopic (exact) mass is 318 g/mol. The van der Waals surface area contributed by atoms with Crippen LogP contribution in [0.1, 0.15) is 24.5 Å². The molecule has 1 amide bonds. The SMILES string of the molecule is C[C@H](CCc1ccccc1)NC(=O)Cc1cccc2cccnc12. The van der Waals surface area contributed by atoms with Crippen LogP contribution in [0.25, 0.3) is 10.9 Å². The zero-order valence-electron chi connectivity index (χ0n) is 13.9. The maximum absolute atomic E-state index is 12.3. The summed E-state index contributed by atoms with van der Waals surface area (Å²) in [6.07, 6.45) is 4.04. The molecule has 3 nitrogen and oxygen atoms in total. The Labute approximate surface area is 142 Å². The average molecular weight is 318 g/mol. The summed E-state index contributed by atoms with van der Waals surface area (Å²) in [7, 11) is 0. The van der Waals surface area contributed by atoms with Crippen molar-refractivity contribution >= 4 is 16.8 Å². The van der Waals surface area contributed by atoms with Gasteiger partial charge in [0.2, 0.25) is 5.91 Å². The number of fused-ring (bicyclic) bond motifs is 1.